The molecular weight excluding hydrogens is 729 g/mol. The van der Waals surface area contributed by atoms with Crippen LogP contribution in [0.25, 0.3) is 0 Å². The van der Waals surface area contributed by atoms with E-state index in [0.29, 0.717) is 44.7 Å². The second-order valence-corrected chi connectivity index (χ2v) is 15.6. The summed E-state index contributed by atoms with van der Waals surface area (Å²) < 4.78 is 0. The highest BCUT2D eigenvalue weighted by atomic mass is 16.2. The third-order valence-corrected chi connectivity index (χ3v) is 10.6. The lowest BCUT2D eigenvalue weighted by molar-refractivity contribution is -0.122. The van der Waals surface area contributed by atoms with Gasteiger partial charge >= 0.3 is 12.1 Å². The van der Waals surface area contributed by atoms with Crippen LogP contribution in [0.4, 0.5) is 32.3 Å². The Morgan fingerprint density at radius 3 is 1.96 bits per heavy atom. The number of anilines is 4. The molecular formula is C39H62N14O4. The molecule has 57 heavy (non-hydrogen) atoms. The van der Waals surface area contributed by atoms with Crippen molar-refractivity contribution in [2.24, 2.45) is 5.92 Å². The fraction of sp³-hybridized carbons (Fsp3) is 0.590. The summed E-state index contributed by atoms with van der Waals surface area (Å²) in [6.07, 6.45) is 4.76. The van der Waals surface area contributed by atoms with E-state index in [9.17, 15) is 19.2 Å². The predicted molar refractivity (Wildman–Crippen MR) is 222 cm³/mol. The van der Waals surface area contributed by atoms with Crippen molar-refractivity contribution in [3.63, 3.8) is 0 Å². The maximum Gasteiger partial charge on any atom is 0.321 e. The molecule has 0 radical (unpaired) electrons. The van der Waals surface area contributed by atoms with Gasteiger partial charge in [0.1, 0.15) is 12.6 Å². The first-order valence-corrected chi connectivity index (χ1v) is 20.5. The van der Waals surface area contributed by atoms with Gasteiger partial charge in [0.25, 0.3) is 0 Å². The van der Waals surface area contributed by atoms with E-state index in [2.05, 4.69) is 88.3 Å². The topological polar surface area (TPSA) is 237 Å². The molecule has 7 atom stereocenters. The van der Waals surface area contributed by atoms with Gasteiger partial charge in [-0.15, -0.1) is 0 Å². The summed E-state index contributed by atoms with van der Waals surface area (Å²) in [6.45, 7) is 9.72. The summed E-state index contributed by atoms with van der Waals surface area (Å²) in [5.74, 6) is 0.0619. The molecule has 312 valence electrons. The minimum absolute atomic E-state index is 0.0104. The lowest BCUT2D eigenvalue weighted by atomic mass is 9.91. The minimum atomic E-state index is -0.422. The Labute approximate surface area is 335 Å². The van der Waals surface area contributed by atoms with Crippen LogP contribution in [0.1, 0.15) is 64.0 Å². The van der Waals surface area contributed by atoms with Gasteiger partial charge in [-0.05, 0) is 112 Å². The van der Waals surface area contributed by atoms with Crippen molar-refractivity contribution >= 4 is 46.6 Å². The number of amides is 6. The Balaban J connectivity index is 0.869. The van der Waals surface area contributed by atoms with Gasteiger partial charge in [-0.3, -0.25) is 30.9 Å². The molecule has 18 nitrogen and oxygen atoms in total. The average molecular weight is 791 g/mol. The lowest BCUT2D eigenvalue weighted by Gasteiger charge is -2.37. The Hall–Kier alpha value is -4.72. The van der Waals surface area contributed by atoms with Crippen LogP contribution in [0.3, 0.4) is 0 Å². The number of nitrogens with one attached hydrogen (secondary N) is 14. The average Bonchev–Trinajstić information content (AvgIpc) is 3.15. The number of rotatable bonds is 15. The molecule has 18 heteroatoms. The molecule has 2 saturated heterocycles. The van der Waals surface area contributed by atoms with Gasteiger partial charge in [0, 0.05) is 80.9 Å². The number of carbonyl (C=O) groups is 4. The van der Waals surface area contributed by atoms with E-state index in [0.717, 1.165) is 67.8 Å². The van der Waals surface area contributed by atoms with Crippen LogP contribution in [0.5, 0.6) is 0 Å². The lowest BCUT2D eigenvalue weighted by Crippen LogP contribution is -2.68. The zero-order chi connectivity index (χ0) is 40.1. The third-order valence-electron chi connectivity index (χ3n) is 10.6. The molecule has 7 unspecified atom stereocenters. The van der Waals surface area contributed by atoms with E-state index in [-0.39, 0.29) is 54.2 Å². The third kappa shape index (κ3) is 13.4. The predicted octanol–water partition coefficient (Wildman–Crippen LogP) is 0.946. The Bertz CT molecular complexity index is 1700. The van der Waals surface area contributed by atoms with E-state index in [1.807, 2.05) is 36.4 Å². The molecule has 0 aliphatic carbocycles. The largest absolute Gasteiger partial charge is 0.385 e. The zero-order valence-electron chi connectivity index (χ0n) is 33.3. The molecule has 6 rings (SSSR count). The molecule has 14 N–H and O–H groups in total. The van der Waals surface area contributed by atoms with Crippen LogP contribution < -0.4 is 74.4 Å². The minimum Gasteiger partial charge on any atom is -0.385 e. The number of hydrogen-bond donors (Lipinski definition) is 14. The van der Waals surface area contributed by atoms with Crippen LogP contribution in [0, 0.1) is 5.92 Å². The maximum atomic E-state index is 13.0. The highest BCUT2D eigenvalue weighted by molar-refractivity contribution is 5.90. The van der Waals surface area contributed by atoms with E-state index in [1.54, 1.807) is 0 Å². The van der Waals surface area contributed by atoms with Gasteiger partial charge in [0.2, 0.25) is 11.8 Å². The van der Waals surface area contributed by atoms with Crippen LogP contribution in [-0.4, -0.2) is 100 Å². The van der Waals surface area contributed by atoms with Crippen LogP contribution in [0.2, 0.25) is 0 Å². The molecule has 0 saturated carbocycles. The molecule has 0 bridgehead atoms. The van der Waals surface area contributed by atoms with Crippen LogP contribution in [0.15, 0.2) is 36.4 Å². The molecule has 4 aliphatic heterocycles. The monoisotopic (exact) mass is 791 g/mol. The summed E-state index contributed by atoms with van der Waals surface area (Å²) in [4.78, 5) is 49.8. The Morgan fingerprint density at radius 1 is 0.702 bits per heavy atom. The molecule has 2 aromatic carbocycles. The van der Waals surface area contributed by atoms with Crippen molar-refractivity contribution in [2.45, 2.75) is 103 Å². The number of benzene rings is 2. The number of hydrogen-bond acceptors (Lipinski definition) is 12. The molecule has 4 aliphatic rings. The van der Waals surface area contributed by atoms with E-state index < -0.39 is 12.6 Å². The Morgan fingerprint density at radius 2 is 1.32 bits per heavy atom. The molecule has 0 spiro atoms. The molecule has 2 aromatic rings. The Kier molecular flexibility index (Phi) is 15.2. The first kappa shape index (κ1) is 41.9. The highest BCUT2D eigenvalue weighted by Crippen LogP contribution is 2.29. The SMILES string of the molecule is CC(=O)NCCCNC1CC(C)NC(NC(=O)Nc2ccc3c(c2)CC(CC(=O)NCCNC2CC(C)NC(NC(=O)Nc4ccc5c(c4)CCCN5)N2)CN3)N1. The van der Waals surface area contributed by atoms with Crippen molar-refractivity contribution in [3.8, 4) is 0 Å². The standard InChI is InChI=1S/C39H62N14O4/c1-23-16-33(42-13-5-12-40-25(3)54)50-36(46-23)52-39(57)49-30-8-10-32-28(21-30)18-26(22-45-32)19-35(55)44-15-14-43-34-17-24(2)47-37(51-34)53-38(56)48-29-7-9-31-27(20-29)6-4-11-41-31/h7-10,20-21,23-24,26,33-34,36-37,41-43,45-47,50-51H,4-6,11-19,22H2,1-3H3,(H,40,54)(H,44,55)(H2,48,53,56)(H2,49,52,57). The van der Waals surface area contributed by atoms with Gasteiger partial charge in [-0.25, -0.2) is 9.59 Å². The van der Waals surface area contributed by atoms with Crippen LogP contribution in [-0.2, 0) is 22.4 Å². The summed E-state index contributed by atoms with van der Waals surface area (Å²) in [7, 11) is 0. The number of fused-ring (bicyclic) bond motifs is 2. The van der Waals surface area contributed by atoms with Crippen molar-refractivity contribution in [3.05, 3.63) is 47.5 Å². The number of aryl methyl sites for hydroxylation is 1. The molecule has 0 aromatic heterocycles. The fourth-order valence-corrected chi connectivity index (χ4v) is 7.85. The summed E-state index contributed by atoms with van der Waals surface area (Å²) in [5, 5.41) is 44.9. The highest BCUT2D eigenvalue weighted by Gasteiger charge is 2.28. The quantitative estimate of drug-likeness (QED) is 0.113. The summed E-state index contributed by atoms with van der Waals surface area (Å²) >= 11 is 0. The normalized spacial score (nSPS) is 25.3. The second-order valence-electron chi connectivity index (χ2n) is 15.6. The summed E-state index contributed by atoms with van der Waals surface area (Å²) in [5.41, 5.74) is 5.82. The number of carbonyl (C=O) groups excluding carboxylic acids is 4. The van der Waals surface area contributed by atoms with Gasteiger partial charge < -0.3 is 53.2 Å². The first-order chi connectivity index (χ1) is 27.5. The maximum absolute atomic E-state index is 13.0. The van der Waals surface area contributed by atoms with Gasteiger partial charge in [0.15, 0.2) is 0 Å². The molecule has 2 fully saturated rings. The molecule has 4 heterocycles. The first-order valence-electron chi connectivity index (χ1n) is 20.5. The van der Waals surface area contributed by atoms with Crippen molar-refractivity contribution in [2.75, 3.05) is 60.5 Å². The number of urea groups is 2. The smallest absolute Gasteiger partial charge is 0.321 e. The van der Waals surface area contributed by atoms with Crippen molar-refractivity contribution in [1.29, 1.82) is 0 Å². The van der Waals surface area contributed by atoms with E-state index in [4.69, 9.17) is 0 Å². The fourth-order valence-electron chi connectivity index (χ4n) is 7.85. The van der Waals surface area contributed by atoms with Gasteiger partial charge in [0.05, 0.1) is 12.3 Å². The van der Waals surface area contributed by atoms with Gasteiger partial charge in [-0.1, -0.05) is 0 Å². The van der Waals surface area contributed by atoms with Gasteiger partial charge in [-0.2, -0.15) is 0 Å². The van der Waals surface area contributed by atoms with E-state index in [1.165, 1.54) is 12.5 Å². The van der Waals surface area contributed by atoms with Crippen molar-refractivity contribution < 1.29 is 19.2 Å². The molecule has 6 amide bonds. The van der Waals surface area contributed by atoms with Crippen molar-refractivity contribution in [1.82, 2.24) is 53.2 Å². The zero-order valence-corrected chi connectivity index (χ0v) is 33.3. The summed E-state index contributed by atoms with van der Waals surface area (Å²) in [6, 6.07) is 11.4. The van der Waals surface area contributed by atoms with E-state index >= 15 is 0 Å². The van der Waals surface area contributed by atoms with Crippen LogP contribution >= 0.6 is 0 Å². The second kappa shape index (κ2) is 20.6.